The summed E-state index contributed by atoms with van der Waals surface area (Å²) in [6.07, 6.45) is -0.258. The molecular formula is C17H18N2O3. The Kier molecular flexibility index (Phi) is 5.14. The van der Waals surface area contributed by atoms with Crippen LogP contribution in [0.2, 0.25) is 0 Å². The summed E-state index contributed by atoms with van der Waals surface area (Å²) in [6, 6.07) is 14.4. The van der Waals surface area contributed by atoms with E-state index in [-0.39, 0.29) is 12.3 Å². The number of methoxy groups -OCH3 is 1. The lowest BCUT2D eigenvalue weighted by atomic mass is 10.2. The smallest absolute Gasteiger partial charge is 0.233 e. The van der Waals surface area contributed by atoms with Crippen molar-refractivity contribution >= 4 is 23.2 Å². The second-order valence-electron chi connectivity index (χ2n) is 4.84. The molecule has 5 heteroatoms. The van der Waals surface area contributed by atoms with E-state index in [2.05, 4.69) is 10.6 Å². The predicted molar refractivity (Wildman–Crippen MR) is 86.0 cm³/mol. The van der Waals surface area contributed by atoms with Gasteiger partial charge >= 0.3 is 0 Å². The molecule has 0 aliphatic carbocycles. The summed E-state index contributed by atoms with van der Waals surface area (Å²) in [5.74, 6) is -0.206. The Morgan fingerprint density at radius 2 is 1.73 bits per heavy atom. The lowest BCUT2D eigenvalue weighted by molar-refractivity contribution is -0.123. The van der Waals surface area contributed by atoms with Gasteiger partial charge in [-0.3, -0.25) is 9.59 Å². The highest BCUT2D eigenvalue weighted by Gasteiger charge is 2.12. The Bertz CT molecular complexity index is 683. The Morgan fingerprint density at radius 1 is 1.00 bits per heavy atom. The van der Waals surface area contributed by atoms with E-state index in [1.165, 1.54) is 7.11 Å². The van der Waals surface area contributed by atoms with Crippen LogP contribution in [0, 0.1) is 6.92 Å². The summed E-state index contributed by atoms with van der Waals surface area (Å²) < 4.78 is 5.14. The second-order valence-corrected chi connectivity index (χ2v) is 4.84. The summed E-state index contributed by atoms with van der Waals surface area (Å²) in [5, 5.41) is 5.36. The van der Waals surface area contributed by atoms with Crippen molar-refractivity contribution in [1.29, 1.82) is 0 Å². The van der Waals surface area contributed by atoms with Gasteiger partial charge in [-0.05, 0) is 36.8 Å². The minimum absolute atomic E-state index is 0.258. The maximum absolute atomic E-state index is 11.9. The number of ether oxygens (including phenoxy) is 1. The first-order chi connectivity index (χ1) is 10.6. The van der Waals surface area contributed by atoms with Crippen LogP contribution in [0.4, 0.5) is 11.4 Å². The van der Waals surface area contributed by atoms with E-state index in [4.69, 9.17) is 4.74 Å². The second kappa shape index (κ2) is 7.26. The number of nitrogens with one attached hydrogen (secondary N) is 2. The molecule has 5 nitrogen and oxygen atoms in total. The van der Waals surface area contributed by atoms with E-state index in [0.717, 1.165) is 5.56 Å². The number of carbonyl (C=O) groups excluding carboxylic acids is 2. The molecular weight excluding hydrogens is 280 g/mol. The van der Waals surface area contributed by atoms with Crippen LogP contribution >= 0.6 is 0 Å². The molecule has 0 saturated carbocycles. The maximum atomic E-state index is 11.9. The molecule has 2 amide bonds. The van der Waals surface area contributed by atoms with Crippen molar-refractivity contribution in [2.24, 2.45) is 0 Å². The number of benzene rings is 2. The topological polar surface area (TPSA) is 67.4 Å². The summed E-state index contributed by atoms with van der Waals surface area (Å²) in [7, 11) is 1.52. The predicted octanol–water partition coefficient (Wildman–Crippen LogP) is 2.97. The van der Waals surface area contributed by atoms with Crippen LogP contribution < -0.4 is 15.4 Å². The van der Waals surface area contributed by atoms with E-state index in [1.807, 2.05) is 25.1 Å². The number of rotatable bonds is 5. The van der Waals surface area contributed by atoms with Crippen LogP contribution in [-0.4, -0.2) is 18.9 Å². The molecule has 0 saturated heterocycles. The third kappa shape index (κ3) is 4.34. The molecule has 0 aliphatic heterocycles. The van der Waals surface area contributed by atoms with Crippen LogP contribution in [0.15, 0.2) is 48.5 Å². The summed E-state index contributed by atoms with van der Waals surface area (Å²) in [6.45, 7) is 1.93. The third-order valence-corrected chi connectivity index (χ3v) is 3.00. The van der Waals surface area contributed by atoms with Crippen LogP contribution in [0.5, 0.6) is 5.75 Å². The normalized spacial score (nSPS) is 9.91. The highest BCUT2D eigenvalue weighted by Crippen LogP contribution is 2.23. The van der Waals surface area contributed by atoms with Gasteiger partial charge in [0.2, 0.25) is 11.8 Å². The summed E-state index contributed by atoms with van der Waals surface area (Å²) >= 11 is 0. The van der Waals surface area contributed by atoms with Gasteiger partial charge in [0.25, 0.3) is 0 Å². The van der Waals surface area contributed by atoms with Gasteiger partial charge in [0.05, 0.1) is 12.8 Å². The zero-order valence-corrected chi connectivity index (χ0v) is 12.6. The summed E-state index contributed by atoms with van der Waals surface area (Å²) in [4.78, 5) is 23.8. The lowest BCUT2D eigenvalue weighted by Crippen LogP contribution is -2.21. The van der Waals surface area contributed by atoms with Gasteiger partial charge in [0, 0.05) is 5.69 Å². The van der Waals surface area contributed by atoms with Gasteiger partial charge in [-0.25, -0.2) is 0 Å². The molecule has 0 aromatic heterocycles. The van der Waals surface area contributed by atoms with Crippen LogP contribution in [0.1, 0.15) is 12.0 Å². The molecule has 0 unspecified atom stereocenters. The molecule has 0 aliphatic rings. The minimum atomic E-state index is -0.394. The monoisotopic (exact) mass is 298 g/mol. The summed E-state index contributed by atoms with van der Waals surface area (Å²) in [5.41, 5.74) is 2.25. The van der Waals surface area contributed by atoms with Crippen molar-refractivity contribution in [3.63, 3.8) is 0 Å². The molecule has 0 radical (unpaired) electrons. The molecule has 22 heavy (non-hydrogen) atoms. The molecule has 0 spiro atoms. The molecule has 2 aromatic carbocycles. The van der Waals surface area contributed by atoms with Crippen molar-refractivity contribution in [3.05, 3.63) is 54.1 Å². The zero-order valence-electron chi connectivity index (χ0n) is 12.6. The molecule has 0 fully saturated rings. The van der Waals surface area contributed by atoms with Gasteiger partial charge in [-0.2, -0.15) is 0 Å². The average molecular weight is 298 g/mol. The minimum Gasteiger partial charge on any atom is -0.495 e. The number of carbonyl (C=O) groups is 2. The first kappa shape index (κ1) is 15.6. The van der Waals surface area contributed by atoms with Gasteiger partial charge in [-0.1, -0.05) is 24.3 Å². The number of amides is 2. The third-order valence-electron chi connectivity index (χ3n) is 3.00. The fourth-order valence-corrected chi connectivity index (χ4v) is 2.02. The standard InChI is InChI=1S/C17H18N2O3/c1-12-6-5-7-13(10-12)18-16(20)11-17(21)19-14-8-3-4-9-15(14)22-2/h3-10H,11H2,1-2H3,(H,18,20)(H,19,21). The first-order valence-electron chi connectivity index (χ1n) is 6.88. The number of para-hydroxylation sites is 2. The average Bonchev–Trinajstić information content (AvgIpc) is 2.47. The molecule has 0 heterocycles. The van der Waals surface area contributed by atoms with Gasteiger partial charge in [-0.15, -0.1) is 0 Å². The Labute approximate surface area is 129 Å². The number of anilines is 2. The van der Waals surface area contributed by atoms with Crippen LogP contribution in [0.25, 0.3) is 0 Å². The Morgan fingerprint density at radius 3 is 2.45 bits per heavy atom. The van der Waals surface area contributed by atoms with Crippen molar-refractivity contribution < 1.29 is 14.3 Å². The molecule has 0 bridgehead atoms. The fraction of sp³-hybridized carbons (Fsp3) is 0.176. The number of hydrogen-bond donors (Lipinski definition) is 2. The van der Waals surface area contributed by atoms with Crippen molar-refractivity contribution in [3.8, 4) is 5.75 Å². The number of hydrogen-bond acceptors (Lipinski definition) is 3. The highest BCUT2D eigenvalue weighted by atomic mass is 16.5. The van der Waals surface area contributed by atoms with Gasteiger partial charge in [0.15, 0.2) is 0 Å². The molecule has 2 aromatic rings. The van der Waals surface area contributed by atoms with E-state index in [9.17, 15) is 9.59 Å². The SMILES string of the molecule is COc1ccccc1NC(=O)CC(=O)Nc1cccc(C)c1. The van der Waals surface area contributed by atoms with Gasteiger partial charge < -0.3 is 15.4 Å². The number of aryl methyl sites for hydroxylation is 1. The largest absolute Gasteiger partial charge is 0.495 e. The zero-order chi connectivity index (χ0) is 15.9. The van der Waals surface area contributed by atoms with Crippen molar-refractivity contribution in [1.82, 2.24) is 0 Å². The fourth-order valence-electron chi connectivity index (χ4n) is 2.02. The molecule has 0 atom stereocenters. The Hall–Kier alpha value is -2.82. The van der Waals surface area contributed by atoms with E-state index < -0.39 is 5.91 Å². The van der Waals surface area contributed by atoms with Crippen LogP contribution in [0.3, 0.4) is 0 Å². The van der Waals surface area contributed by atoms with Gasteiger partial charge in [0.1, 0.15) is 12.2 Å². The van der Waals surface area contributed by atoms with E-state index in [1.54, 1.807) is 30.3 Å². The molecule has 114 valence electrons. The van der Waals surface area contributed by atoms with E-state index in [0.29, 0.717) is 17.1 Å². The molecule has 2 rings (SSSR count). The van der Waals surface area contributed by atoms with Crippen molar-refractivity contribution in [2.45, 2.75) is 13.3 Å². The maximum Gasteiger partial charge on any atom is 0.233 e. The molecule has 2 N–H and O–H groups in total. The highest BCUT2D eigenvalue weighted by molar-refractivity contribution is 6.08. The lowest BCUT2D eigenvalue weighted by Gasteiger charge is -2.10. The van der Waals surface area contributed by atoms with E-state index >= 15 is 0 Å². The first-order valence-corrected chi connectivity index (χ1v) is 6.88. The Balaban J connectivity index is 1.93. The van der Waals surface area contributed by atoms with Crippen LogP contribution in [-0.2, 0) is 9.59 Å². The quantitative estimate of drug-likeness (QED) is 0.834. The van der Waals surface area contributed by atoms with Crippen molar-refractivity contribution in [2.75, 3.05) is 17.7 Å².